The molecule has 1 heterocycles. The maximum absolute atomic E-state index is 9.13. The van der Waals surface area contributed by atoms with Crippen molar-refractivity contribution in [3.8, 4) is 0 Å². The molecule has 0 unspecified atom stereocenters. The fourth-order valence-corrected chi connectivity index (χ4v) is 1.33. The first-order chi connectivity index (χ1) is 7.50. The molecule has 0 bridgehead atoms. The SMILES string of the molecule is Cc1nc(NCC(C)(CO)CO)ccc1Br. The summed E-state index contributed by atoms with van der Waals surface area (Å²) < 4.78 is 0.963. The first kappa shape index (κ1) is 13.4. The van der Waals surface area contributed by atoms with Crippen LogP contribution in [0.1, 0.15) is 12.6 Å². The second-order valence-electron chi connectivity index (χ2n) is 4.24. The van der Waals surface area contributed by atoms with Crippen LogP contribution in [0.2, 0.25) is 0 Å². The van der Waals surface area contributed by atoms with Gasteiger partial charge in [0.15, 0.2) is 0 Å². The number of aliphatic hydroxyl groups excluding tert-OH is 2. The van der Waals surface area contributed by atoms with Crippen LogP contribution in [0.4, 0.5) is 5.82 Å². The zero-order valence-corrected chi connectivity index (χ0v) is 11.1. The Morgan fingerprint density at radius 2 is 2.00 bits per heavy atom. The van der Waals surface area contributed by atoms with Gasteiger partial charge in [-0.2, -0.15) is 0 Å². The number of hydrogen-bond acceptors (Lipinski definition) is 4. The molecule has 4 nitrogen and oxygen atoms in total. The molecule has 0 saturated carbocycles. The van der Waals surface area contributed by atoms with Crippen LogP contribution in [0.5, 0.6) is 0 Å². The second kappa shape index (κ2) is 5.61. The third-order valence-electron chi connectivity index (χ3n) is 2.48. The van der Waals surface area contributed by atoms with Gasteiger partial charge in [-0.25, -0.2) is 4.98 Å². The van der Waals surface area contributed by atoms with E-state index in [2.05, 4.69) is 26.2 Å². The Bertz CT molecular complexity index is 354. The number of nitrogens with one attached hydrogen (secondary N) is 1. The second-order valence-corrected chi connectivity index (χ2v) is 5.10. The third kappa shape index (κ3) is 3.43. The summed E-state index contributed by atoms with van der Waals surface area (Å²) in [6.07, 6.45) is 0. The number of aromatic nitrogens is 1. The largest absolute Gasteiger partial charge is 0.396 e. The lowest BCUT2D eigenvalue weighted by atomic mass is 9.93. The van der Waals surface area contributed by atoms with Gasteiger partial charge in [0, 0.05) is 16.4 Å². The van der Waals surface area contributed by atoms with E-state index in [1.54, 1.807) is 0 Å². The topological polar surface area (TPSA) is 65.4 Å². The summed E-state index contributed by atoms with van der Waals surface area (Å²) in [6, 6.07) is 3.77. The molecule has 0 aliphatic carbocycles. The predicted octanol–water partition coefficient (Wildman–Crippen LogP) is 1.56. The van der Waals surface area contributed by atoms with E-state index in [1.165, 1.54) is 0 Å². The number of nitrogens with zero attached hydrogens (tertiary/aromatic N) is 1. The van der Waals surface area contributed by atoms with Crippen molar-refractivity contribution in [1.82, 2.24) is 4.98 Å². The Kier molecular flexibility index (Phi) is 4.70. The molecule has 0 aliphatic rings. The average Bonchev–Trinajstić information content (AvgIpc) is 2.30. The van der Waals surface area contributed by atoms with Crippen molar-refractivity contribution in [3.63, 3.8) is 0 Å². The number of halogens is 1. The lowest BCUT2D eigenvalue weighted by Crippen LogP contribution is -2.34. The Hall–Kier alpha value is -0.650. The molecule has 1 aromatic rings. The van der Waals surface area contributed by atoms with Crippen LogP contribution in [-0.4, -0.2) is 35.0 Å². The fourth-order valence-electron chi connectivity index (χ4n) is 1.11. The summed E-state index contributed by atoms with van der Waals surface area (Å²) in [5, 5.41) is 21.4. The van der Waals surface area contributed by atoms with Crippen molar-refractivity contribution in [1.29, 1.82) is 0 Å². The van der Waals surface area contributed by atoms with Gasteiger partial charge < -0.3 is 15.5 Å². The molecule has 0 amide bonds. The van der Waals surface area contributed by atoms with Crippen molar-refractivity contribution < 1.29 is 10.2 Å². The van der Waals surface area contributed by atoms with Gasteiger partial charge in [0.25, 0.3) is 0 Å². The quantitative estimate of drug-likeness (QED) is 0.769. The number of pyridine rings is 1. The van der Waals surface area contributed by atoms with Crippen LogP contribution in [0.15, 0.2) is 16.6 Å². The fraction of sp³-hybridized carbons (Fsp3) is 0.545. The first-order valence-corrected chi connectivity index (χ1v) is 5.89. The molecule has 1 aromatic heterocycles. The molecule has 0 spiro atoms. The Morgan fingerprint density at radius 1 is 1.38 bits per heavy atom. The Labute approximate surface area is 104 Å². The first-order valence-electron chi connectivity index (χ1n) is 5.09. The molecule has 0 aromatic carbocycles. The lowest BCUT2D eigenvalue weighted by molar-refractivity contribution is 0.0806. The number of aliphatic hydroxyl groups is 2. The molecule has 3 N–H and O–H groups in total. The van der Waals surface area contributed by atoms with Gasteiger partial charge in [0.2, 0.25) is 0 Å². The van der Waals surface area contributed by atoms with Crippen LogP contribution in [0.3, 0.4) is 0 Å². The Morgan fingerprint density at radius 3 is 2.50 bits per heavy atom. The molecule has 1 rings (SSSR count). The molecule has 16 heavy (non-hydrogen) atoms. The summed E-state index contributed by atoms with van der Waals surface area (Å²) >= 11 is 3.38. The van der Waals surface area contributed by atoms with E-state index >= 15 is 0 Å². The third-order valence-corrected chi connectivity index (χ3v) is 3.32. The highest BCUT2D eigenvalue weighted by Crippen LogP contribution is 2.18. The number of rotatable bonds is 5. The summed E-state index contributed by atoms with van der Waals surface area (Å²) in [7, 11) is 0. The molecule has 0 fully saturated rings. The molecule has 0 atom stereocenters. The maximum atomic E-state index is 9.13. The van der Waals surface area contributed by atoms with E-state index in [0.29, 0.717) is 6.54 Å². The van der Waals surface area contributed by atoms with Crippen molar-refractivity contribution in [2.24, 2.45) is 5.41 Å². The predicted molar refractivity (Wildman–Crippen MR) is 67.4 cm³/mol. The molecule has 0 radical (unpaired) electrons. The van der Waals surface area contributed by atoms with E-state index in [0.717, 1.165) is 16.0 Å². The van der Waals surface area contributed by atoms with Crippen molar-refractivity contribution in [3.05, 3.63) is 22.3 Å². The zero-order valence-electron chi connectivity index (χ0n) is 9.50. The smallest absolute Gasteiger partial charge is 0.126 e. The van der Waals surface area contributed by atoms with E-state index in [4.69, 9.17) is 10.2 Å². The van der Waals surface area contributed by atoms with Gasteiger partial charge in [-0.15, -0.1) is 0 Å². The van der Waals surface area contributed by atoms with E-state index in [9.17, 15) is 0 Å². The minimum atomic E-state index is -0.525. The summed E-state index contributed by atoms with van der Waals surface area (Å²) in [5.74, 6) is 0.744. The minimum Gasteiger partial charge on any atom is -0.396 e. The van der Waals surface area contributed by atoms with E-state index in [-0.39, 0.29) is 13.2 Å². The lowest BCUT2D eigenvalue weighted by Gasteiger charge is -2.25. The maximum Gasteiger partial charge on any atom is 0.126 e. The van der Waals surface area contributed by atoms with Crippen molar-refractivity contribution >= 4 is 21.7 Å². The normalized spacial score (nSPS) is 11.6. The molecule has 90 valence electrons. The number of hydrogen-bond donors (Lipinski definition) is 3. The van der Waals surface area contributed by atoms with Crippen molar-refractivity contribution in [2.45, 2.75) is 13.8 Å². The number of anilines is 1. The van der Waals surface area contributed by atoms with E-state index in [1.807, 2.05) is 26.0 Å². The van der Waals surface area contributed by atoms with Crippen LogP contribution >= 0.6 is 15.9 Å². The van der Waals surface area contributed by atoms with Gasteiger partial charge in [-0.3, -0.25) is 0 Å². The van der Waals surface area contributed by atoms with Gasteiger partial charge >= 0.3 is 0 Å². The van der Waals surface area contributed by atoms with Gasteiger partial charge in [0.05, 0.1) is 18.9 Å². The van der Waals surface area contributed by atoms with Gasteiger partial charge in [0.1, 0.15) is 5.82 Å². The molecular weight excluding hydrogens is 272 g/mol. The van der Waals surface area contributed by atoms with E-state index < -0.39 is 5.41 Å². The summed E-state index contributed by atoms with van der Waals surface area (Å²) in [5.41, 5.74) is 0.377. The highest BCUT2D eigenvalue weighted by Gasteiger charge is 2.22. The van der Waals surface area contributed by atoms with Crippen LogP contribution in [-0.2, 0) is 0 Å². The molecule has 5 heteroatoms. The molecular formula is C11H17BrN2O2. The zero-order chi connectivity index (χ0) is 12.2. The van der Waals surface area contributed by atoms with Gasteiger partial charge in [-0.1, -0.05) is 6.92 Å². The standard InChI is InChI=1S/C11H17BrN2O2/c1-8-9(12)3-4-10(14-8)13-5-11(2,6-15)7-16/h3-4,15-16H,5-7H2,1-2H3,(H,13,14). The molecule has 0 aliphatic heterocycles. The highest BCUT2D eigenvalue weighted by molar-refractivity contribution is 9.10. The van der Waals surface area contributed by atoms with Gasteiger partial charge in [-0.05, 0) is 35.0 Å². The van der Waals surface area contributed by atoms with Crippen LogP contribution in [0.25, 0.3) is 0 Å². The number of aryl methyl sites for hydroxylation is 1. The summed E-state index contributed by atoms with van der Waals surface area (Å²) in [6.45, 7) is 4.07. The highest BCUT2D eigenvalue weighted by atomic mass is 79.9. The average molecular weight is 289 g/mol. The Balaban J connectivity index is 2.64. The minimum absolute atomic E-state index is 0.0635. The summed E-state index contributed by atoms with van der Waals surface area (Å²) in [4.78, 5) is 4.32. The van der Waals surface area contributed by atoms with Crippen LogP contribution < -0.4 is 5.32 Å². The van der Waals surface area contributed by atoms with Crippen molar-refractivity contribution in [2.75, 3.05) is 25.1 Å². The molecule has 0 saturated heterocycles. The monoisotopic (exact) mass is 288 g/mol. The van der Waals surface area contributed by atoms with Crippen LogP contribution in [0, 0.1) is 12.3 Å².